The number of anilines is 2. The quantitative estimate of drug-likeness (QED) is 0.355. The Labute approximate surface area is 205 Å². The number of halogens is 1. The van der Waals surface area contributed by atoms with Gasteiger partial charge in [-0.25, -0.2) is 4.98 Å². The lowest BCUT2D eigenvalue weighted by Crippen LogP contribution is -2.43. The van der Waals surface area contributed by atoms with Gasteiger partial charge in [-0.05, 0) is 41.7 Å². The summed E-state index contributed by atoms with van der Waals surface area (Å²) in [6.07, 6.45) is 6.13. The van der Waals surface area contributed by atoms with Crippen molar-refractivity contribution in [3.8, 4) is 0 Å². The largest absolute Gasteiger partial charge is 0.361 e. The van der Waals surface area contributed by atoms with Crippen LogP contribution in [0.2, 0.25) is 5.15 Å². The van der Waals surface area contributed by atoms with Gasteiger partial charge in [-0.3, -0.25) is 0 Å². The molecule has 1 aromatic heterocycles. The Morgan fingerprint density at radius 3 is 2.30 bits per heavy atom. The lowest BCUT2D eigenvalue weighted by atomic mass is 9.69. The van der Waals surface area contributed by atoms with Crippen LogP contribution < -0.4 is 15.5 Å². The first-order valence-electron chi connectivity index (χ1n) is 11.6. The van der Waals surface area contributed by atoms with E-state index in [1.54, 1.807) is 0 Å². The van der Waals surface area contributed by atoms with Crippen LogP contribution in [0.15, 0.2) is 60.7 Å². The number of aromatic nitrogens is 2. The van der Waals surface area contributed by atoms with E-state index in [-0.39, 0.29) is 5.41 Å². The topological polar surface area (TPSA) is 53.1 Å². The molecule has 0 atom stereocenters. The molecule has 5 nitrogen and oxygen atoms in total. The molecule has 170 valence electrons. The minimum Gasteiger partial charge on any atom is -0.361 e. The van der Waals surface area contributed by atoms with Crippen LogP contribution in [0.1, 0.15) is 48.8 Å². The second-order valence-corrected chi connectivity index (χ2v) is 9.81. The monoisotopic (exact) mass is 477 g/mol. The predicted octanol–water partition coefficient (Wildman–Crippen LogP) is 5.84. The molecule has 1 fully saturated rings. The third-order valence-corrected chi connectivity index (χ3v) is 7.30. The number of hydrogen-bond acceptors (Lipinski definition) is 4. The normalized spacial score (nSPS) is 16.8. The highest BCUT2D eigenvalue weighted by Gasteiger charge is 2.33. The van der Waals surface area contributed by atoms with Gasteiger partial charge in [-0.1, -0.05) is 85.5 Å². The molecule has 3 aromatic rings. The molecule has 2 N–H and O–H groups in total. The summed E-state index contributed by atoms with van der Waals surface area (Å²) < 4.78 is 0. The van der Waals surface area contributed by atoms with E-state index in [1.807, 2.05) is 6.07 Å². The van der Waals surface area contributed by atoms with Gasteiger partial charge < -0.3 is 15.5 Å². The standard InChI is InChI=1S/C26H28ClN5S/c27-22-15-23(32-16-19-9-5-6-10-20(19)17-32)30-24(29-22)31-25(33)28-18-26(13-7-2-8-14-26)21-11-3-1-4-12-21/h1,3-6,9-12,15H,2,7-8,13-14,16-18H2,(H2,28,29,30,31,33). The number of rotatable bonds is 5. The fourth-order valence-corrected chi connectivity index (χ4v) is 5.44. The summed E-state index contributed by atoms with van der Waals surface area (Å²) in [5.41, 5.74) is 4.12. The Bertz CT molecular complexity index is 1110. The van der Waals surface area contributed by atoms with E-state index in [4.69, 9.17) is 28.8 Å². The van der Waals surface area contributed by atoms with Crippen molar-refractivity contribution in [3.05, 3.63) is 82.5 Å². The highest BCUT2D eigenvalue weighted by molar-refractivity contribution is 7.80. The van der Waals surface area contributed by atoms with Crippen LogP contribution in [0.4, 0.5) is 11.8 Å². The van der Waals surface area contributed by atoms with Crippen molar-refractivity contribution in [2.75, 3.05) is 16.8 Å². The second kappa shape index (κ2) is 9.65. The summed E-state index contributed by atoms with van der Waals surface area (Å²) in [4.78, 5) is 11.3. The Morgan fingerprint density at radius 2 is 1.61 bits per heavy atom. The van der Waals surface area contributed by atoms with E-state index in [9.17, 15) is 0 Å². The molecule has 0 radical (unpaired) electrons. The fraction of sp³-hybridized carbons (Fsp3) is 0.346. The van der Waals surface area contributed by atoms with Gasteiger partial charge in [0.1, 0.15) is 11.0 Å². The number of nitrogens with one attached hydrogen (secondary N) is 2. The summed E-state index contributed by atoms with van der Waals surface area (Å²) in [7, 11) is 0. The molecule has 5 rings (SSSR count). The zero-order valence-corrected chi connectivity index (χ0v) is 20.1. The van der Waals surface area contributed by atoms with Crippen LogP contribution in [-0.2, 0) is 18.5 Å². The van der Waals surface area contributed by atoms with Crippen LogP contribution in [-0.4, -0.2) is 21.6 Å². The number of nitrogens with zero attached hydrogens (tertiary/aromatic N) is 3. The van der Waals surface area contributed by atoms with Crippen molar-refractivity contribution in [3.63, 3.8) is 0 Å². The fourth-order valence-electron chi connectivity index (χ4n) is 5.10. The molecule has 7 heteroatoms. The highest BCUT2D eigenvalue weighted by Crippen LogP contribution is 2.39. The number of benzene rings is 2. The minimum absolute atomic E-state index is 0.104. The molecule has 0 bridgehead atoms. The van der Waals surface area contributed by atoms with Gasteiger partial charge in [-0.15, -0.1) is 0 Å². The third-order valence-electron chi connectivity index (χ3n) is 6.86. The van der Waals surface area contributed by atoms with E-state index >= 15 is 0 Å². The van der Waals surface area contributed by atoms with E-state index in [1.165, 1.54) is 48.8 Å². The van der Waals surface area contributed by atoms with Crippen LogP contribution in [0.25, 0.3) is 0 Å². The molecule has 33 heavy (non-hydrogen) atoms. The molecule has 1 saturated carbocycles. The van der Waals surface area contributed by atoms with Gasteiger partial charge in [0.2, 0.25) is 5.95 Å². The number of fused-ring (bicyclic) bond motifs is 1. The zero-order chi connectivity index (χ0) is 22.7. The maximum atomic E-state index is 6.34. The van der Waals surface area contributed by atoms with E-state index in [0.29, 0.717) is 16.2 Å². The second-order valence-electron chi connectivity index (χ2n) is 9.01. The average molecular weight is 478 g/mol. The summed E-state index contributed by atoms with van der Waals surface area (Å²) in [5, 5.41) is 7.53. The molecule has 0 spiro atoms. The maximum absolute atomic E-state index is 6.34. The summed E-state index contributed by atoms with van der Waals surface area (Å²) >= 11 is 12.0. The summed E-state index contributed by atoms with van der Waals surface area (Å²) in [6.45, 7) is 2.41. The zero-order valence-electron chi connectivity index (χ0n) is 18.6. The first-order chi connectivity index (χ1) is 16.1. The van der Waals surface area contributed by atoms with Crippen molar-refractivity contribution in [2.45, 2.75) is 50.6 Å². The molecular formula is C26H28ClN5S. The van der Waals surface area contributed by atoms with Crippen molar-refractivity contribution >= 4 is 40.7 Å². The SMILES string of the molecule is S=C(NCC1(c2ccccc2)CCCCC1)Nc1nc(Cl)cc(N2Cc3ccccc3C2)n1. The summed E-state index contributed by atoms with van der Waals surface area (Å²) in [5.74, 6) is 1.22. The Balaban J connectivity index is 1.26. The van der Waals surface area contributed by atoms with Crippen molar-refractivity contribution in [1.29, 1.82) is 0 Å². The Hall–Kier alpha value is -2.70. The lowest BCUT2D eigenvalue weighted by Gasteiger charge is -2.38. The molecule has 0 saturated heterocycles. The molecule has 0 amide bonds. The van der Waals surface area contributed by atoms with Gasteiger partial charge >= 0.3 is 0 Å². The predicted molar refractivity (Wildman–Crippen MR) is 139 cm³/mol. The van der Waals surface area contributed by atoms with Gasteiger partial charge in [0.15, 0.2) is 5.11 Å². The van der Waals surface area contributed by atoms with E-state index in [2.05, 4.69) is 75.1 Å². The molecule has 2 aliphatic rings. The van der Waals surface area contributed by atoms with Gasteiger partial charge in [-0.2, -0.15) is 4.98 Å². The Morgan fingerprint density at radius 1 is 0.939 bits per heavy atom. The van der Waals surface area contributed by atoms with E-state index in [0.717, 1.165) is 25.5 Å². The first-order valence-corrected chi connectivity index (χ1v) is 12.4. The smallest absolute Gasteiger partial charge is 0.232 e. The van der Waals surface area contributed by atoms with Crippen molar-refractivity contribution in [1.82, 2.24) is 15.3 Å². The number of hydrogen-bond donors (Lipinski definition) is 2. The average Bonchev–Trinajstić information content (AvgIpc) is 3.28. The third kappa shape index (κ3) is 4.97. The molecule has 0 unspecified atom stereocenters. The first kappa shape index (κ1) is 22.1. The minimum atomic E-state index is 0.104. The van der Waals surface area contributed by atoms with Crippen LogP contribution in [0.3, 0.4) is 0 Å². The molecule has 1 aliphatic heterocycles. The maximum Gasteiger partial charge on any atom is 0.232 e. The number of thiocarbonyl (C=S) groups is 1. The van der Waals surface area contributed by atoms with Crippen LogP contribution >= 0.6 is 23.8 Å². The van der Waals surface area contributed by atoms with Crippen LogP contribution in [0.5, 0.6) is 0 Å². The van der Waals surface area contributed by atoms with Crippen molar-refractivity contribution in [2.24, 2.45) is 0 Å². The van der Waals surface area contributed by atoms with Crippen molar-refractivity contribution < 1.29 is 0 Å². The highest BCUT2D eigenvalue weighted by atomic mass is 35.5. The summed E-state index contributed by atoms with van der Waals surface area (Å²) in [6, 6.07) is 21.1. The molecular weight excluding hydrogens is 450 g/mol. The van der Waals surface area contributed by atoms with Gasteiger partial charge in [0.05, 0.1) is 0 Å². The van der Waals surface area contributed by atoms with Gasteiger partial charge in [0, 0.05) is 31.1 Å². The molecule has 1 aliphatic carbocycles. The lowest BCUT2D eigenvalue weighted by molar-refractivity contribution is 0.292. The molecule has 2 aromatic carbocycles. The molecule has 2 heterocycles. The Kier molecular flexibility index (Phi) is 6.47. The van der Waals surface area contributed by atoms with Gasteiger partial charge in [0.25, 0.3) is 0 Å². The van der Waals surface area contributed by atoms with Crippen LogP contribution in [0, 0.1) is 0 Å². The van der Waals surface area contributed by atoms with E-state index < -0.39 is 0 Å².